The molecule has 0 saturated carbocycles. The molecule has 0 atom stereocenters. The minimum Gasteiger partial charge on any atom is -0.450 e. The number of rotatable bonds is 4. The maximum Gasteiger partial charge on any atom is 0.414 e. The molecule has 2 aromatic rings. The molecule has 0 aliphatic carbocycles. The van der Waals surface area contributed by atoms with E-state index in [9.17, 15) is 14.4 Å². The summed E-state index contributed by atoms with van der Waals surface area (Å²) in [5, 5.41) is 6.87. The van der Waals surface area contributed by atoms with Gasteiger partial charge in [0.15, 0.2) is 0 Å². The Morgan fingerprint density at radius 1 is 1.08 bits per heavy atom. The highest BCUT2D eigenvalue weighted by Crippen LogP contribution is 2.24. The van der Waals surface area contributed by atoms with Gasteiger partial charge in [0, 0.05) is 5.56 Å². The average molecular weight is 346 g/mol. The molecule has 1 heterocycles. The number of hydrogen-bond donors (Lipinski definition) is 2. The van der Waals surface area contributed by atoms with Gasteiger partial charge in [0.1, 0.15) is 5.00 Å². The molecule has 24 heavy (non-hydrogen) atoms. The molecule has 6 nitrogen and oxygen atoms in total. The van der Waals surface area contributed by atoms with Crippen LogP contribution in [0.4, 0.5) is 9.80 Å². The van der Waals surface area contributed by atoms with E-state index in [-0.39, 0.29) is 18.1 Å². The average Bonchev–Trinajstić information content (AvgIpc) is 2.95. The second kappa shape index (κ2) is 7.74. The number of alkyl carbamates (subject to hydrolysis) is 1. The second-order valence-electron chi connectivity index (χ2n) is 5.11. The molecule has 0 unspecified atom stereocenters. The molecule has 0 aliphatic heterocycles. The molecule has 2 N–H and O–H groups in total. The molecular formula is C17H18N2O4S. The lowest BCUT2D eigenvalue weighted by Gasteiger charge is -2.09. The first-order valence-electron chi connectivity index (χ1n) is 7.36. The molecule has 1 aromatic heterocycles. The van der Waals surface area contributed by atoms with E-state index in [4.69, 9.17) is 0 Å². The van der Waals surface area contributed by atoms with Gasteiger partial charge in [-0.15, -0.1) is 11.3 Å². The fourth-order valence-corrected chi connectivity index (χ4v) is 2.93. The van der Waals surface area contributed by atoms with Gasteiger partial charge in [0.25, 0.3) is 11.8 Å². The summed E-state index contributed by atoms with van der Waals surface area (Å²) in [6, 6.07) is 7.05. The molecular weight excluding hydrogens is 328 g/mol. The lowest BCUT2D eigenvalue weighted by atomic mass is 10.1. The summed E-state index contributed by atoms with van der Waals surface area (Å²) < 4.78 is 4.67. The summed E-state index contributed by atoms with van der Waals surface area (Å²) >= 11 is 1.21. The van der Waals surface area contributed by atoms with Crippen molar-refractivity contribution in [2.45, 2.75) is 20.8 Å². The highest BCUT2D eigenvalue weighted by atomic mass is 32.1. The zero-order chi connectivity index (χ0) is 17.7. The van der Waals surface area contributed by atoms with E-state index >= 15 is 0 Å². The molecule has 2 rings (SSSR count). The van der Waals surface area contributed by atoms with Gasteiger partial charge in [-0.1, -0.05) is 17.7 Å². The number of carbonyl (C=O) groups is 3. The Labute approximate surface area is 143 Å². The van der Waals surface area contributed by atoms with Gasteiger partial charge in [-0.05, 0) is 43.8 Å². The van der Waals surface area contributed by atoms with Gasteiger partial charge < -0.3 is 10.1 Å². The fourth-order valence-electron chi connectivity index (χ4n) is 2.15. The Kier molecular flexibility index (Phi) is 5.70. The van der Waals surface area contributed by atoms with Crippen molar-refractivity contribution in [3.63, 3.8) is 0 Å². The number of benzene rings is 1. The van der Waals surface area contributed by atoms with Crippen molar-refractivity contribution in [1.82, 2.24) is 5.32 Å². The largest absolute Gasteiger partial charge is 0.450 e. The van der Waals surface area contributed by atoms with E-state index in [0.29, 0.717) is 10.6 Å². The van der Waals surface area contributed by atoms with Crippen molar-refractivity contribution in [1.29, 1.82) is 0 Å². The van der Waals surface area contributed by atoms with E-state index in [1.54, 1.807) is 18.4 Å². The predicted octanol–water partition coefficient (Wildman–Crippen LogP) is 3.50. The van der Waals surface area contributed by atoms with E-state index in [2.05, 4.69) is 15.4 Å². The van der Waals surface area contributed by atoms with Gasteiger partial charge in [0.05, 0.1) is 12.2 Å². The normalized spacial score (nSPS) is 10.1. The number of amides is 3. The number of carbonyl (C=O) groups excluding carboxylic acids is 3. The Balaban J connectivity index is 2.14. The highest BCUT2D eigenvalue weighted by Gasteiger charge is 2.19. The first kappa shape index (κ1) is 17.7. The molecule has 126 valence electrons. The SMILES string of the molecule is CCOC(=O)NC(=O)c1ccsc1NC(=O)c1ccc(C)cc1C. The summed E-state index contributed by atoms with van der Waals surface area (Å²) in [6.45, 7) is 5.61. The van der Waals surface area contributed by atoms with Crippen molar-refractivity contribution in [3.05, 3.63) is 51.9 Å². The molecule has 0 bridgehead atoms. The van der Waals surface area contributed by atoms with Crippen molar-refractivity contribution in [2.24, 2.45) is 0 Å². The third-order valence-corrected chi connectivity index (χ3v) is 4.08. The summed E-state index contributed by atoms with van der Waals surface area (Å²) in [4.78, 5) is 35.8. The van der Waals surface area contributed by atoms with Crippen LogP contribution >= 0.6 is 11.3 Å². The van der Waals surface area contributed by atoms with Crippen LogP contribution in [-0.4, -0.2) is 24.5 Å². The maximum absolute atomic E-state index is 12.4. The van der Waals surface area contributed by atoms with Gasteiger partial charge in [-0.2, -0.15) is 0 Å². The van der Waals surface area contributed by atoms with E-state index in [1.807, 2.05) is 26.0 Å². The van der Waals surface area contributed by atoms with Crippen LogP contribution < -0.4 is 10.6 Å². The Morgan fingerprint density at radius 2 is 1.83 bits per heavy atom. The number of anilines is 1. The first-order valence-corrected chi connectivity index (χ1v) is 8.24. The quantitative estimate of drug-likeness (QED) is 0.887. The molecule has 3 amide bonds. The van der Waals surface area contributed by atoms with Crippen LogP contribution in [0.25, 0.3) is 0 Å². The Hall–Kier alpha value is -2.67. The Morgan fingerprint density at radius 3 is 2.50 bits per heavy atom. The fraction of sp³-hybridized carbons (Fsp3) is 0.235. The summed E-state index contributed by atoms with van der Waals surface area (Å²) in [5.74, 6) is -0.925. The number of thiophene rings is 1. The summed E-state index contributed by atoms with van der Waals surface area (Å²) in [6.07, 6.45) is -0.819. The van der Waals surface area contributed by atoms with Crippen molar-refractivity contribution >= 4 is 34.2 Å². The lowest BCUT2D eigenvalue weighted by molar-refractivity contribution is 0.0926. The minimum absolute atomic E-state index is 0.166. The van der Waals surface area contributed by atoms with Gasteiger partial charge >= 0.3 is 6.09 Å². The molecule has 7 heteroatoms. The van der Waals surface area contributed by atoms with Crippen LogP contribution in [0.3, 0.4) is 0 Å². The zero-order valence-electron chi connectivity index (χ0n) is 13.6. The summed E-state index contributed by atoms with van der Waals surface area (Å²) in [5.41, 5.74) is 2.66. The highest BCUT2D eigenvalue weighted by molar-refractivity contribution is 7.14. The molecule has 0 spiro atoms. The first-order chi connectivity index (χ1) is 11.4. The van der Waals surface area contributed by atoms with Crippen LogP contribution in [0, 0.1) is 13.8 Å². The van der Waals surface area contributed by atoms with Gasteiger partial charge in [-0.25, -0.2) is 4.79 Å². The summed E-state index contributed by atoms with van der Waals surface area (Å²) in [7, 11) is 0. The number of hydrogen-bond acceptors (Lipinski definition) is 5. The molecule has 0 radical (unpaired) electrons. The molecule has 1 aromatic carbocycles. The van der Waals surface area contributed by atoms with Crippen LogP contribution in [0.2, 0.25) is 0 Å². The standard InChI is InChI=1S/C17H18N2O4S/c1-4-23-17(22)19-15(21)13-7-8-24-16(13)18-14(20)12-6-5-10(2)9-11(12)3/h5-9H,4H2,1-3H3,(H,18,20)(H,19,21,22). The minimum atomic E-state index is -0.819. The molecule has 0 saturated heterocycles. The van der Waals surface area contributed by atoms with Gasteiger partial charge in [-0.3, -0.25) is 14.9 Å². The van der Waals surface area contributed by atoms with E-state index < -0.39 is 12.0 Å². The van der Waals surface area contributed by atoms with E-state index in [1.165, 1.54) is 17.4 Å². The van der Waals surface area contributed by atoms with Crippen molar-refractivity contribution < 1.29 is 19.1 Å². The number of nitrogens with one attached hydrogen (secondary N) is 2. The Bertz CT molecular complexity index is 783. The predicted molar refractivity (Wildman–Crippen MR) is 92.7 cm³/mol. The number of aryl methyl sites for hydroxylation is 2. The molecule has 0 aliphatic rings. The lowest BCUT2D eigenvalue weighted by Crippen LogP contribution is -2.31. The molecule has 0 fully saturated rings. The third-order valence-electron chi connectivity index (χ3n) is 3.25. The van der Waals surface area contributed by atoms with Crippen LogP contribution in [0.1, 0.15) is 38.8 Å². The topological polar surface area (TPSA) is 84.5 Å². The monoisotopic (exact) mass is 346 g/mol. The zero-order valence-corrected chi connectivity index (χ0v) is 14.5. The number of ether oxygens (including phenoxy) is 1. The van der Waals surface area contributed by atoms with Gasteiger partial charge in [0.2, 0.25) is 0 Å². The third kappa shape index (κ3) is 4.20. The maximum atomic E-state index is 12.4. The van der Waals surface area contributed by atoms with Crippen molar-refractivity contribution in [3.8, 4) is 0 Å². The smallest absolute Gasteiger partial charge is 0.414 e. The van der Waals surface area contributed by atoms with Crippen LogP contribution in [-0.2, 0) is 4.74 Å². The van der Waals surface area contributed by atoms with Crippen LogP contribution in [0.15, 0.2) is 29.6 Å². The second-order valence-corrected chi connectivity index (χ2v) is 6.03. The van der Waals surface area contributed by atoms with Crippen LogP contribution in [0.5, 0.6) is 0 Å². The van der Waals surface area contributed by atoms with Crippen molar-refractivity contribution in [2.75, 3.05) is 11.9 Å². The number of imide groups is 1. The van der Waals surface area contributed by atoms with E-state index in [0.717, 1.165) is 11.1 Å².